The number of benzene rings is 1. The van der Waals surface area contributed by atoms with Gasteiger partial charge in [-0.1, -0.05) is 12.2 Å². The molecular weight excluding hydrogens is 244 g/mol. The first-order valence-corrected chi connectivity index (χ1v) is 5.90. The highest BCUT2D eigenvalue weighted by molar-refractivity contribution is 5.76. The van der Waals surface area contributed by atoms with Crippen LogP contribution < -0.4 is 4.74 Å². The van der Waals surface area contributed by atoms with Crippen LogP contribution in [-0.2, 0) is 4.74 Å². The molecule has 0 saturated carbocycles. The number of hydrogen-bond donors (Lipinski definition) is 1. The van der Waals surface area contributed by atoms with E-state index in [0.717, 1.165) is 0 Å². The Hall–Kier alpha value is -2.07. The normalized spacial score (nSPS) is 8.89. The molecule has 19 heavy (non-hydrogen) atoms. The van der Waals surface area contributed by atoms with E-state index in [1.807, 2.05) is 6.92 Å². The SMILES string of the molecule is C=CCOCC=C.CCOc1cc(C=O)ccc1O. The number of hydrogen-bond acceptors (Lipinski definition) is 4. The van der Waals surface area contributed by atoms with Crippen LogP contribution in [0.1, 0.15) is 17.3 Å². The molecule has 104 valence electrons. The van der Waals surface area contributed by atoms with E-state index in [4.69, 9.17) is 9.47 Å². The van der Waals surface area contributed by atoms with Crippen molar-refractivity contribution in [3.63, 3.8) is 0 Å². The van der Waals surface area contributed by atoms with Crippen molar-refractivity contribution in [1.29, 1.82) is 0 Å². The van der Waals surface area contributed by atoms with Crippen LogP contribution in [0.5, 0.6) is 11.5 Å². The molecule has 0 saturated heterocycles. The molecule has 1 N–H and O–H groups in total. The van der Waals surface area contributed by atoms with Gasteiger partial charge in [-0.2, -0.15) is 0 Å². The zero-order valence-electron chi connectivity index (χ0n) is 11.2. The molecule has 0 unspecified atom stereocenters. The van der Waals surface area contributed by atoms with Gasteiger partial charge in [-0.05, 0) is 25.1 Å². The molecule has 0 radical (unpaired) electrons. The summed E-state index contributed by atoms with van der Waals surface area (Å²) in [5, 5.41) is 9.22. The largest absolute Gasteiger partial charge is 0.504 e. The van der Waals surface area contributed by atoms with Gasteiger partial charge >= 0.3 is 0 Å². The number of ether oxygens (including phenoxy) is 2. The average Bonchev–Trinajstić information content (AvgIpc) is 2.43. The monoisotopic (exact) mass is 264 g/mol. The highest BCUT2D eigenvalue weighted by Gasteiger charge is 2.01. The van der Waals surface area contributed by atoms with Gasteiger partial charge in [-0.25, -0.2) is 0 Å². The second kappa shape index (κ2) is 11.0. The fraction of sp³-hybridized carbons (Fsp3) is 0.267. The molecule has 0 aliphatic rings. The standard InChI is InChI=1S/C9H10O3.C6H10O/c1-2-12-9-5-7(6-10)3-4-8(9)11;1-3-5-7-6-4-2/h3-6,11H,2H2,1H3;3-4H,1-2,5-6H2. The van der Waals surface area contributed by atoms with Crippen molar-refractivity contribution in [3.05, 3.63) is 49.1 Å². The summed E-state index contributed by atoms with van der Waals surface area (Å²) in [7, 11) is 0. The van der Waals surface area contributed by atoms with Crippen molar-refractivity contribution in [2.75, 3.05) is 19.8 Å². The molecule has 0 aromatic heterocycles. The van der Waals surface area contributed by atoms with E-state index in [1.165, 1.54) is 18.2 Å². The fourth-order valence-corrected chi connectivity index (χ4v) is 1.11. The molecule has 4 nitrogen and oxygen atoms in total. The van der Waals surface area contributed by atoms with Crippen LogP contribution in [0.2, 0.25) is 0 Å². The van der Waals surface area contributed by atoms with Crippen LogP contribution in [0.3, 0.4) is 0 Å². The Balaban J connectivity index is 0.000000399. The number of rotatable bonds is 7. The van der Waals surface area contributed by atoms with E-state index in [0.29, 0.717) is 37.4 Å². The first-order valence-electron chi connectivity index (χ1n) is 5.90. The summed E-state index contributed by atoms with van der Waals surface area (Å²) < 4.78 is 9.97. The molecule has 1 aromatic carbocycles. The Kier molecular flexibility index (Phi) is 9.84. The topological polar surface area (TPSA) is 55.8 Å². The minimum absolute atomic E-state index is 0.0578. The minimum atomic E-state index is 0.0578. The third-order valence-corrected chi connectivity index (χ3v) is 1.89. The minimum Gasteiger partial charge on any atom is -0.504 e. The summed E-state index contributed by atoms with van der Waals surface area (Å²) in [5.41, 5.74) is 0.497. The Morgan fingerprint density at radius 3 is 2.37 bits per heavy atom. The quantitative estimate of drug-likeness (QED) is 0.467. The van der Waals surface area contributed by atoms with Gasteiger partial charge in [-0.15, -0.1) is 13.2 Å². The zero-order chi connectivity index (χ0) is 14.5. The van der Waals surface area contributed by atoms with Crippen molar-refractivity contribution >= 4 is 6.29 Å². The lowest BCUT2D eigenvalue weighted by Gasteiger charge is -2.04. The van der Waals surface area contributed by atoms with Crippen molar-refractivity contribution in [2.24, 2.45) is 0 Å². The maximum Gasteiger partial charge on any atom is 0.161 e. The molecule has 0 spiro atoms. The van der Waals surface area contributed by atoms with Gasteiger partial charge in [0.1, 0.15) is 6.29 Å². The molecule has 1 aromatic rings. The second-order valence-corrected chi connectivity index (χ2v) is 3.39. The van der Waals surface area contributed by atoms with E-state index in [9.17, 15) is 9.90 Å². The first kappa shape index (κ1) is 16.9. The maximum atomic E-state index is 10.3. The smallest absolute Gasteiger partial charge is 0.161 e. The van der Waals surface area contributed by atoms with Crippen LogP contribution in [-0.4, -0.2) is 31.2 Å². The zero-order valence-corrected chi connectivity index (χ0v) is 11.2. The number of phenolic OH excluding ortho intramolecular Hbond substituents is 1. The van der Waals surface area contributed by atoms with Gasteiger partial charge in [0.2, 0.25) is 0 Å². The summed E-state index contributed by atoms with van der Waals surface area (Å²) >= 11 is 0. The molecule has 0 atom stereocenters. The van der Waals surface area contributed by atoms with E-state index < -0.39 is 0 Å². The summed E-state index contributed by atoms with van der Waals surface area (Å²) in [6.07, 6.45) is 4.13. The number of carbonyl (C=O) groups excluding carboxylic acids is 1. The summed E-state index contributed by atoms with van der Waals surface area (Å²) in [6.45, 7) is 10.5. The molecule has 0 heterocycles. The lowest BCUT2D eigenvalue weighted by Crippen LogP contribution is -1.92. The van der Waals surface area contributed by atoms with Gasteiger partial charge in [0, 0.05) is 5.56 Å². The molecule has 1 rings (SSSR count). The summed E-state index contributed by atoms with van der Waals surface area (Å²) in [5.74, 6) is 0.407. The van der Waals surface area contributed by atoms with Gasteiger partial charge in [0.15, 0.2) is 11.5 Å². The first-order chi connectivity index (χ1) is 9.19. The summed E-state index contributed by atoms with van der Waals surface area (Å²) in [4.78, 5) is 10.3. The lowest BCUT2D eigenvalue weighted by molar-refractivity contribution is 0.112. The predicted octanol–water partition coefficient (Wildman–Crippen LogP) is 2.98. The Morgan fingerprint density at radius 1 is 1.26 bits per heavy atom. The van der Waals surface area contributed by atoms with Crippen LogP contribution in [0.4, 0.5) is 0 Å². The lowest BCUT2D eigenvalue weighted by atomic mass is 10.2. The number of carbonyl (C=O) groups is 1. The Bertz CT molecular complexity index is 391. The molecular formula is C15H20O4. The third-order valence-electron chi connectivity index (χ3n) is 1.89. The molecule has 0 aliphatic heterocycles. The molecule has 4 heteroatoms. The highest BCUT2D eigenvalue weighted by atomic mass is 16.5. The fourth-order valence-electron chi connectivity index (χ4n) is 1.11. The average molecular weight is 264 g/mol. The van der Waals surface area contributed by atoms with Gasteiger partial charge < -0.3 is 14.6 Å². The van der Waals surface area contributed by atoms with Crippen molar-refractivity contribution in [1.82, 2.24) is 0 Å². The maximum absolute atomic E-state index is 10.3. The second-order valence-electron chi connectivity index (χ2n) is 3.39. The van der Waals surface area contributed by atoms with Gasteiger partial charge in [-0.3, -0.25) is 4.79 Å². The van der Waals surface area contributed by atoms with Crippen molar-refractivity contribution in [2.45, 2.75) is 6.92 Å². The van der Waals surface area contributed by atoms with Crippen LogP contribution in [0, 0.1) is 0 Å². The predicted molar refractivity (Wildman–Crippen MR) is 75.9 cm³/mol. The number of aldehydes is 1. The molecule has 0 aliphatic carbocycles. The van der Waals surface area contributed by atoms with Gasteiger partial charge in [0.05, 0.1) is 19.8 Å². The van der Waals surface area contributed by atoms with Crippen molar-refractivity contribution < 1.29 is 19.4 Å². The molecule has 0 amide bonds. The van der Waals surface area contributed by atoms with E-state index in [2.05, 4.69) is 13.2 Å². The van der Waals surface area contributed by atoms with E-state index >= 15 is 0 Å². The Labute approximate surface area is 114 Å². The van der Waals surface area contributed by atoms with Crippen LogP contribution in [0.25, 0.3) is 0 Å². The third kappa shape index (κ3) is 7.78. The molecule has 0 bridgehead atoms. The number of phenols is 1. The van der Waals surface area contributed by atoms with E-state index in [1.54, 1.807) is 12.2 Å². The summed E-state index contributed by atoms with van der Waals surface area (Å²) in [6, 6.07) is 4.48. The van der Waals surface area contributed by atoms with Crippen LogP contribution >= 0.6 is 0 Å². The highest BCUT2D eigenvalue weighted by Crippen LogP contribution is 2.25. The van der Waals surface area contributed by atoms with Crippen molar-refractivity contribution in [3.8, 4) is 11.5 Å². The van der Waals surface area contributed by atoms with E-state index in [-0.39, 0.29) is 5.75 Å². The van der Waals surface area contributed by atoms with Crippen LogP contribution in [0.15, 0.2) is 43.5 Å². The Morgan fingerprint density at radius 2 is 1.89 bits per heavy atom. The van der Waals surface area contributed by atoms with Gasteiger partial charge in [0.25, 0.3) is 0 Å². The molecule has 0 fully saturated rings. The number of aromatic hydroxyl groups is 1.